The maximum Gasteiger partial charge on any atom is 0.261 e. The number of amides is 1. The topological polar surface area (TPSA) is 86.5 Å². The molecule has 2 aromatic rings. The van der Waals surface area contributed by atoms with Gasteiger partial charge in [0.15, 0.2) is 0 Å². The predicted octanol–water partition coefficient (Wildman–Crippen LogP) is 1.93. The van der Waals surface area contributed by atoms with Crippen molar-refractivity contribution >= 4 is 17.3 Å². The van der Waals surface area contributed by atoms with Crippen LogP contribution in [0.15, 0.2) is 36.5 Å². The third-order valence-corrected chi connectivity index (χ3v) is 2.70. The van der Waals surface area contributed by atoms with E-state index in [0.717, 1.165) is 0 Å². The number of carbonyl (C=O) groups excluding carboxylic acids is 1. The third-order valence-electron chi connectivity index (χ3n) is 2.70. The van der Waals surface area contributed by atoms with Gasteiger partial charge in [-0.3, -0.25) is 4.79 Å². The number of nitrogens with one attached hydrogen (secondary N) is 1. The van der Waals surface area contributed by atoms with Gasteiger partial charge in [0, 0.05) is 18.0 Å². The van der Waals surface area contributed by atoms with E-state index >= 15 is 0 Å². The van der Waals surface area contributed by atoms with Crippen molar-refractivity contribution in [3.63, 3.8) is 0 Å². The zero-order chi connectivity index (χ0) is 14.5. The van der Waals surface area contributed by atoms with Gasteiger partial charge in [-0.1, -0.05) is 0 Å². The van der Waals surface area contributed by atoms with Gasteiger partial charge in [-0.2, -0.15) is 0 Å². The van der Waals surface area contributed by atoms with Crippen LogP contribution in [0.2, 0.25) is 0 Å². The summed E-state index contributed by atoms with van der Waals surface area (Å²) in [5, 5.41) is 2.74. The lowest BCUT2D eigenvalue weighted by Gasteiger charge is -2.10. The van der Waals surface area contributed by atoms with E-state index in [1.165, 1.54) is 14.2 Å². The first kappa shape index (κ1) is 13.7. The number of carbonyl (C=O) groups is 1. The SMILES string of the molecule is COc1cc(NC(=O)c2cccnc2OC)ccc1N. The highest BCUT2D eigenvalue weighted by molar-refractivity contribution is 6.06. The largest absolute Gasteiger partial charge is 0.495 e. The number of rotatable bonds is 4. The number of anilines is 2. The van der Waals surface area contributed by atoms with Gasteiger partial charge in [0.1, 0.15) is 11.3 Å². The monoisotopic (exact) mass is 273 g/mol. The van der Waals surface area contributed by atoms with Crippen molar-refractivity contribution in [3.05, 3.63) is 42.1 Å². The first-order chi connectivity index (χ1) is 9.65. The van der Waals surface area contributed by atoms with Crippen molar-refractivity contribution in [1.29, 1.82) is 0 Å². The molecule has 3 N–H and O–H groups in total. The minimum Gasteiger partial charge on any atom is -0.495 e. The molecule has 1 heterocycles. The summed E-state index contributed by atoms with van der Waals surface area (Å²) in [5.41, 5.74) is 7.15. The average Bonchev–Trinajstić information content (AvgIpc) is 2.49. The second-order valence-corrected chi connectivity index (χ2v) is 3.97. The zero-order valence-electron chi connectivity index (χ0n) is 11.2. The van der Waals surface area contributed by atoms with Crippen LogP contribution < -0.4 is 20.5 Å². The number of nitrogen functional groups attached to an aromatic ring is 1. The summed E-state index contributed by atoms with van der Waals surface area (Å²) in [7, 11) is 2.98. The van der Waals surface area contributed by atoms with E-state index in [1.54, 1.807) is 36.5 Å². The fourth-order valence-corrected chi connectivity index (χ4v) is 1.71. The number of ether oxygens (including phenoxy) is 2. The Bertz CT molecular complexity index is 629. The molecule has 1 aromatic carbocycles. The maximum atomic E-state index is 12.2. The number of pyridine rings is 1. The van der Waals surface area contributed by atoms with E-state index < -0.39 is 0 Å². The summed E-state index contributed by atoms with van der Waals surface area (Å²) in [6.07, 6.45) is 1.56. The van der Waals surface area contributed by atoms with Crippen molar-refractivity contribution in [2.75, 3.05) is 25.3 Å². The molecule has 20 heavy (non-hydrogen) atoms. The van der Waals surface area contributed by atoms with Crippen LogP contribution >= 0.6 is 0 Å². The van der Waals surface area contributed by atoms with Crippen molar-refractivity contribution in [2.24, 2.45) is 0 Å². The molecule has 0 saturated heterocycles. The van der Waals surface area contributed by atoms with Gasteiger partial charge in [-0.25, -0.2) is 4.98 Å². The zero-order valence-corrected chi connectivity index (χ0v) is 11.2. The Hall–Kier alpha value is -2.76. The quantitative estimate of drug-likeness (QED) is 0.831. The minimum atomic E-state index is -0.318. The molecule has 0 bridgehead atoms. The highest BCUT2D eigenvalue weighted by atomic mass is 16.5. The third kappa shape index (κ3) is 2.80. The molecular weight excluding hydrogens is 258 g/mol. The predicted molar refractivity (Wildman–Crippen MR) is 76.1 cm³/mol. The van der Waals surface area contributed by atoms with Crippen molar-refractivity contribution < 1.29 is 14.3 Å². The Labute approximate surface area is 116 Å². The number of aromatic nitrogens is 1. The molecule has 1 aromatic heterocycles. The molecule has 1 amide bonds. The summed E-state index contributed by atoms with van der Waals surface area (Å²) in [4.78, 5) is 16.2. The van der Waals surface area contributed by atoms with Crippen LogP contribution in [0.4, 0.5) is 11.4 Å². The molecule has 0 fully saturated rings. The van der Waals surface area contributed by atoms with Gasteiger partial charge in [-0.15, -0.1) is 0 Å². The molecule has 0 aliphatic heterocycles. The molecule has 0 unspecified atom stereocenters. The number of hydrogen-bond donors (Lipinski definition) is 2. The highest BCUT2D eigenvalue weighted by Gasteiger charge is 2.13. The van der Waals surface area contributed by atoms with E-state index in [4.69, 9.17) is 15.2 Å². The summed E-state index contributed by atoms with van der Waals surface area (Å²) in [5.74, 6) is 0.454. The lowest BCUT2D eigenvalue weighted by atomic mass is 10.2. The van der Waals surface area contributed by atoms with Crippen LogP contribution in [-0.4, -0.2) is 25.1 Å². The van der Waals surface area contributed by atoms with Crippen LogP contribution in [0.1, 0.15) is 10.4 Å². The van der Waals surface area contributed by atoms with Crippen LogP contribution in [0.25, 0.3) is 0 Å². The number of methoxy groups -OCH3 is 2. The Morgan fingerprint density at radius 1 is 1.25 bits per heavy atom. The standard InChI is InChI=1S/C14H15N3O3/c1-19-12-8-9(5-6-11(12)15)17-13(18)10-4-3-7-16-14(10)20-2/h3-8H,15H2,1-2H3,(H,17,18). The number of nitrogens with zero attached hydrogens (tertiary/aromatic N) is 1. The van der Waals surface area contributed by atoms with Crippen LogP contribution in [0, 0.1) is 0 Å². The molecule has 0 aliphatic rings. The van der Waals surface area contributed by atoms with Gasteiger partial charge in [0.2, 0.25) is 5.88 Å². The van der Waals surface area contributed by atoms with E-state index in [0.29, 0.717) is 22.7 Å². The Morgan fingerprint density at radius 2 is 2.05 bits per heavy atom. The van der Waals surface area contributed by atoms with E-state index in [1.807, 2.05) is 0 Å². The number of nitrogens with two attached hydrogens (primary N) is 1. The second kappa shape index (κ2) is 5.92. The fourth-order valence-electron chi connectivity index (χ4n) is 1.71. The molecule has 2 rings (SSSR count). The van der Waals surface area contributed by atoms with Gasteiger partial charge in [-0.05, 0) is 24.3 Å². The first-order valence-corrected chi connectivity index (χ1v) is 5.89. The molecule has 104 valence electrons. The molecule has 6 heteroatoms. The second-order valence-electron chi connectivity index (χ2n) is 3.97. The molecule has 0 radical (unpaired) electrons. The normalized spacial score (nSPS) is 9.90. The van der Waals surface area contributed by atoms with Gasteiger partial charge >= 0.3 is 0 Å². The first-order valence-electron chi connectivity index (χ1n) is 5.89. The lowest BCUT2D eigenvalue weighted by molar-refractivity contribution is 0.102. The molecule has 6 nitrogen and oxygen atoms in total. The number of hydrogen-bond acceptors (Lipinski definition) is 5. The highest BCUT2D eigenvalue weighted by Crippen LogP contribution is 2.25. The van der Waals surface area contributed by atoms with Gasteiger partial charge < -0.3 is 20.5 Å². The molecule has 0 aliphatic carbocycles. The van der Waals surface area contributed by atoms with E-state index in [9.17, 15) is 4.79 Å². The van der Waals surface area contributed by atoms with Crippen molar-refractivity contribution in [2.45, 2.75) is 0 Å². The maximum absolute atomic E-state index is 12.2. The lowest BCUT2D eigenvalue weighted by Crippen LogP contribution is -2.13. The smallest absolute Gasteiger partial charge is 0.261 e. The molecular formula is C14H15N3O3. The Kier molecular flexibility index (Phi) is 4.05. The van der Waals surface area contributed by atoms with Crippen LogP contribution in [0.3, 0.4) is 0 Å². The molecule has 0 atom stereocenters. The van der Waals surface area contributed by atoms with Crippen LogP contribution in [-0.2, 0) is 0 Å². The minimum absolute atomic E-state index is 0.271. The summed E-state index contributed by atoms with van der Waals surface area (Å²) in [6.45, 7) is 0. The summed E-state index contributed by atoms with van der Waals surface area (Å²) in [6, 6.07) is 8.31. The van der Waals surface area contributed by atoms with Crippen molar-refractivity contribution in [3.8, 4) is 11.6 Å². The van der Waals surface area contributed by atoms with E-state index in [-0.39, 0.29) is 11.8 Å². The Balaban J connectivity index is 2.23. The van der Waals surface area contributed by atoms with E-state index in [2.05, 4.69) is 10.3 Å². The molecule has 0 saturated carbocycles. The number of benzene rings is 1. The fraction of sp³-hybridized carbons (Fsp3) is 0.143. The van der Waals surface area contributed by atoms with Crippen LogP contribution in [0.5, 0.6) is 11.6 Å². The van der Waals surface area contributed by atoms with Gasteiger partial charge in [0.05, 0.1) is 19.9 Å². The summed E-state index contributed by atoms with van der Waals surface area (Å²) >= 11 is 0. The Morgan fingerprint density at radius 3 is 2.75 bits per heavy atom. The molecule has 0 spiro atoms. The van der Waals surface area contributed by atoms with Gasteiger partial charge in [0.25, 0.3) is 5.91 Å². The average molecular weight is 273 g/mol. The van der Waals surface area contributed by atoms with Crippen molar-refractivity contribution in [1.82, 2.24) is 4.98 Å². The summed E-state index contributed by atoms with van der Waals surface area (Å²) < 4.78 is 10.2.